The number of aryl methyl sites for hydroxylation is 1. The molecule has 0 heterocycles. The van der Waals surface area contributed by atoms with E-state index in [2.05, 4.69) is 68.5 Å². The summed E-state index contributed by atoms with van der Waals surface area (Å²) in [6.07, 6.45) is 20.6. The second-order valence-corrected chi connectivity index (χ2v) is 10.5. The number of hydrogen-bond donors (Lipinski definition) is 0. The predicted molar refractivity (Wildman–Crippen MR) is 142 cm³/mol. The van der Waals surface area contributed by atoms with Gasteiger partial charge in [0, 0.05) is 0 Å². The maximum Gasteiger partial charge on any atom is 0.119 e. The molecule has 0 radical (unpaired) electrons. The first-order valence-electron chi connectivity index (χ1n) is 13.7. The van der Waals surface area contributed by atoms with Crippen molar-refractivity contribution in [2.45, 2.75) is 90.9 Å². The van der Waals surface area contributed by atoms with E-state index in [0.29, 0.717) is 0 Å². The van der Waals surface area contributed by atoms with E-state index < -0.39 is 0 Å². The van der Waals surface area contributed by atoms with Crippen LogP contribution in [0.15, 0.2) is 54.6 Å². The molecular weight excluding hydrogens is 400 g/mol. The Morgan fingerprint density at radius 2 is 1.64 bits per heavy atom. The Morgan fingerprint density at radius 3 is 2.39 bits per heavy atom. The van der Waals surface area contributed by atoms with Crippen molar-refractivity contribution in [3.8, 4) is 16.9 Å². The van der Waals surface area contributed by atoms with E-state index in [0.717, 1.165) is 36.5 Å². The number of allylic oxidation sites excluding steroid dienone is 2. The lowest BCUT2D eigenvalue weighted by molar-refractivity contribution is 0.185. The van der Waals surface area contributed by atoms with E-state index in [9.17, 15) is 0 Å². The fourth-order valence-electron chi connectivity index (χ4n) is 6.10. The first kappa shape index (κ1) is 24.1. The van der Waals surface area contributed by atoms with Crippen molar-refractivity contribution < 1.29 is 4.74 Å². The van der Waals surface area contributed by atoms with Crippen LogP contribution in [0.25, 0.3) is 11.1 Å². The minimum absolute atomic E-state index is 0.824. The molecule has 1 heteroatoms. The van der Waals surface area contributed by atoms with Gasteiger partial charge in [0.05, 0.1) is 6.61 Å². The van der Waals surface area contributed by atoms with Crippen LogP contribution in [-0.4, -0.2) is 6.61 Å². The first-order valence-corrected chi connectivity index (χ1v) is 13.7. The van der Waals surface area contributed by atoms with E-state index in [1.807, 2.05) is 0 Å². The molecular formula is C32H44O. The molecule has 0 N–H and O–H groups in total. The van der Waals surface area contributed by atoms with E-state index in [1.165, 1.54) is 81.8 Å². The quantitative estimate of drug-likeness (QED) is 0.262. The van der Waals surface area contributed by atoms with Crippen molar-refractivity contribution in [2.24, 2.45) is 17.8 Å². The van der Waals surface area contributed by atoms with Gasteiger partial charge in [0.2, 0.25) is 0 Å². The van der Waals surface area contributed by atoms with Gasteiger partial charge in [-0.2, -0.15) is 0 Å². The summed E-state index contributed by atoms with van der Waals surface area (Å²) in [5, 5.41) is 0. The molecule has 1 nitrogen and oxygen atoms in total. The highest BCUT2D eigenvalue weighted by Crippen LogP contribution is 2.41. The Labute approximate surface area is 202 Å². The number of ether oxygens (including phenoxy) is 1. The van der Waals surface area contributed by atoms with Gasteiger partial charge in [0.15, 0.2) is 0 Å². The number of hydrogen-bond acceptors (Lipinski definition) is 1. The lowest BCUT2D eigenvalue weighted by Gasteiger charge is -2.36. The summed E-state index contributed by atoms with van der Waals surface area (Å²) >= 11 is 0. The van der Waals surface area contributed by atoms with E-state index in [4.69, 9.17) is 4.74 Å². The number of benzene rings is 2. The van der Waals surface area contributed by atoms with E-state index in [-0.39, 0.29) is 0 Å². The number of fused-ring (bicyclic) bond motifs is 1. The van der Waals surface area contributed by atoms with Gasteiger partial charge >= 0.3 is 0 Å². The maximum atomic E-state index is 5.89. The van der Waals surface area contributed by atoms with Crippen LogP contribution in [0, 0.1) is 17.8 Å². The Hall–Kier alpha value is -2.02. The molecule has 2 aromatic rings. The minimum Gasteiger partial charge on any atom is -0.494 e. The van der Waals surface area contributed by atoms with Gasteiger partial charge in [-0.1, -0.05) is 75.1 Å². The van der Waals surface area contributed by atoms with Crippen LogP contribution in [0.3, 0.4) is 0 Å². The van der Waals surface area contributed by atoms with Crippen molar-refractivity contribution in [1.82, 2.24) is 0 Å². The summed E-state index contributed by atoms with van der Waals surface area (Å²) < 4.78 is 5.89. The standard InChI is InChI=1S/C32H44O/c1-3-5-7-9-25-10-12-26(13-11-25)28-14-16-31-24-29(15-17-30(31)23-28)27-18-20-32(21-19-27)33-22-8-6-4-2/h3,5,15,17-21,24-26,28H,4,6-14,16,22-23H2,1-2H3/b5-3+. The van der Waals surface area contributed by atoms with Gasteiger partial charge in [-0.25, -0.2) is 0 Å². The number of rotatable bonds is 10. The Balaban J connectivity index is 1.30. The average molecular weight is 445 g/mol. The molecule has 0 spiro atoms. The average Bonchev–Trinajstić information content (AvgIpc) is 2.87. The minimum atomic E-state index is 0.824. The van der Waals surface area contributed by atoms with Crippen LogP contribution >= 0.6 is 0 Å². The Bertz CT molecular complexity index is 870. The lowest BCUT2D eigenvalue weighted by atomic mass is 9.69. The van der Waals surface area contributed by atoms with Crippen LogP contribution in [0.2, 0.25) is 0 Å². The predicted octanol–water partition coefficient (Wildman–Crippen LogP) is 9.19. The molecule has 1 fully saturated rings. The highest BCUT2D eigenvalue weighted by Gasteiger charge is 2.30. The smallest absolute Gasteiger partial charge is 0.119 e. The molecule has 2 aliphatic carbocycles. The highest BCUT2D eigenvalue weighted by molar-refractivity contribution is 5.66. The van der Waals surface area contributed by atoms with Crippen molar-refractivity contribution in [3.05, 3.63) is 65.7 Å². The zero-order chi connectivity index (χ0) is 22.9. The highest BCUT2D eigenvalue weighted by atomic mass is 16.5. The molecule has 0 saturated heterocycles. The van der Waals surface area contributed by atoms with Crippen molar-refractivity contribution >= 4 is 0 Å². The van der Waals surface area contributed by atoms with Crippen LogP contribution < -0.4 is 4.74 Å². The molecule has 0 aliphatic heterocycles. The third kappa shape index (κ3) is 6.75. The van der Waals surface area contributed by atoms with Crippen LogP contribution in [0.1, 0.15) is 89.2 Å². The van der Waals surface area contributed by atoms with Gasteiger partial charge in [-0.15, -0.1) is 0 Å². The largest absolute Gasteiger partial charge is 0.494 e. The lowest BCUT2D eigenvalue weighted by Crippen LogP contribution is -2.26. The van der Waals surface area contributed by atoms with Crippen molar-refractivity contribution in [1.29, 1.82) is 0 Å². The number of unbranched alkanes of at least 4 members (excludes halogenated alkanes) is 2. The van der Waals surface area contributed by atoms with Crippen molar-refractivity contribution in [2.75, 3.05) is 6.61 Å². The van der Waals surface area contributed by atoms with Gasteiger partial charge < -0.3 is 4.74 Å². The molecule has 0 amide bonds. The van der Waals surface area contributed by atoms with Gasteiger partial charge in [-0.3, -0.25) is 0 Å². The molecule has 2 aliphatic rings. The zero-order valence-corrected chi connectivity index (χ0v) is 21.0. The molecule has 1 saturated carbocycles. The van der Waals surface area contributed by atoms with Crippen LogP contribution in [0.4, 0.5) is 0 Å². The molecule has 0 aromatic heterocycles. The van der Waals surface area contributed by atoms with Gasteiger partial charge in [0.25, 0.3) is 0 Å². The van der Waals surface area contributed by atoms with Crippen molar-refractivity contribution in [3.63, 3.8) is 0 Å². The van der Waals surface area contributed by atoms with Crippen LogP contribution in [-0.2, 0) is 12.8 Å². The molecule has 1 atom stereocenters. The first-order chi connectivity index (χ1) is 16.3. The third-order valence-electron chi connectivity index (χ3n) is 8.21. The molecule has 2 aromatic carbocycles. The molecule has 1 unspecified atom stereocenters. The molecule has 4 rings (SSSR count). The molecule has 0 bridgehead atoms. The van der Waals surface area contributed by atoms with Gasteiger partial charge in [-0.05, 0) is 110 Å². The fourth-order valence-corrected chi connectivity index (χ4v) is 6.10. The summed E-state index contributed by atoms with van der Waals surface area (Å²) in [6.45, 7) is 5.19. The fraction of sp³-hybridized carbons (Fsp3) is 0.562. The Morgan fingerprint density at radius 1 is 0.848 bits per heavy atom. The van der Waals surface area contributed by atoms with Gasteiger partial charge in [0.1, 0.15) is 5.75 Å². The second-order valence-electron chi connectivity index (χ2n) is 10.5. The summed E-state index contributed by atoms with van der Waals surface area (Å²) in [7, 11) is 0. The third-order valence-corrected chi connectivity index (χ3v) is 8.21. The monoisotopic (exact) mass is 444 g/mol. The second kappa shape index (κ2) is 12.4. The molecule has 178 valence electrons. The van der Waals surface area contributed by atoms with E-state index in [1.54, 1.807) is 11.1 Å². The summed E-state index contributed by atoms with van der Waals surface area (Å²) in [6, 6.07) is 15.9. The Kier molecular flexibility index (Phi) is 9.09. The summed E-state index contributed by atoms with van der Waals surface area (Å²) in [5.74, 6) is 3.83. The summed E-state index contributed by atoms with van der Waals surface area (Å²) in [5.41, 5.74) is 5.85. The normalized spacial score (nSPS) is 22.9. The molecule has 33 heavy (non-hydrogen) atoms. The van der Waals surface area contributed by atoms with E-state index >= 15 is 0 Å². The summed E-state index contributed by atoms with van der Waals surface area (Å²) in [4.78, 5) is 0. The zero-order valence-electron chi connectivity index (χ0n) is 21.0. The van der Waals surface area contributed by atoms with Crippen LogP contribution in [0.5, 0.6) is 5.75 Å². The topological polar surface area (TPSA) is 9.23 Å². The SMILES string of the molecule is C/C=C/CCC1CCC(C2CCc3cc(-c4ccc(OCCCCC)cc4)ccc3C2)CC1. The maximum absolute atomic E-state index is 5.89.